The maximum atomic E-state index is 13.9. The number of rotatable bonds is 6. The Hall–Kier alpha value is -4.33. The van der Waals surface area contributed by atoms with Crippen LogP contribution in [0.2, 0.25) is 0 Å². The smallest absolute Gasteiger partial charge is 0.251 e. The SMILES string of the molecule is O=C(CN1C(c2ccccc2)=C[C@@H](c2ccccc2)n2nnnc21)NCc1ccccc1F. The summed E-state index contributed by atoms with van der Waals surface area (Å²) in [7, 11) is 0. The van der Waals surface area contributed by atoms with Crippen molar-refractivity contribution >= 4 is 17.6 Å². The van der Waals surface area contributed by atoms with Crippen LogP contribution in [0.5, 0.6) is 0 Å². The number of nitrogens with zero attached hydrogens (tertiary/aromatic N) is 5. The molecule has 0 bridgehead atoms. The first-order valence-electron chi connectivity index (χ1n) is 10.6. The van der Waals surface area contributed by atoms with Crippen molar-refractivity contribution in [2.24, 2.45) is 0 Å². The average Bonchev–Trinajstić information content (AvgIpc) is 3.35. The molecule has 0 unspecified atom stereocenters. The molecule has 1 aliphatic heterocycles. The first-order valence-corrected chi connectivity index (χ1v) is 10.6. The number of carbonyl (C=O) groups is 1. The summed E-state index contributed by atoms with van der Waals surface area (Å²) in [5, 5.41) is 15.1. The monoisotopic (exact) mass is 440 g/mol. The lowest BCUT2D eigenvalue weighted by Gasteiger charge is -2.32. The van der Waals surface area contributed by atoms with E-state index in [1.54, 1.807) is 27.8 Å². The topological polar surface area (TPSA) is 75.9 Å². The van der Waals surface area contributed by atoms with Gasteiger partial charge in [0.15, 0.2) is 0 Å². The molecule has 8 heteroatoms. The van der Waals surface area contributed by atoms with Crippen molar-refractivity contribution in [2.45, 2.75) is 12.6 Å². The quantitative estimate of drug-likeness (QED) is 0.496. The molecule has 1 aliphatic rings. The zero-order chi connectivity index (χ0) is 22.6. The Morgan fingerprint density at radius 3 is 2.39 bits per heavy atom. The Morgan fingerprint density at radius 1 is 0.939 bits per heavy atom. The Labute approximate surface area is 190 Å². The van der Waals surface area contributed by atoms with E-state index >= 15 is 0 Å². The summed E-state index contributed by atoms with van der Waals surface area (Å²) >= 11 is 0. The van der Waals surface area contributed by atoms with Gasteiger partial charge in [0.2, 0.25) is 5.91 Å². The molecular formula is C25H21FN6O. The molecule has 0 saturated heterocycles. The lowest BCUT2D eigenvalue weighted by Crippen LogP contribution is -2.40. The van der Waals surface area contributed by atoms with Crippen molar-refractivity contribution in [3.05, 3.63) is 114 Å². The third kappa shape index (κ3) is 4.23. The molecule has 5 rings (SSSR count). The number of amides is 1. The number of aromatic nitrogens is 4. The molecular weight excluding hydrogens is 419 g/mol. The van der Waals surface area contributed by atoms with Gasteiger partial charge in [0.1, 0.15) is 18.4 Å². The van der Waals surface area contributed by atoms with E-state index in [0.29, 0.717) is 11.5 Å². The Bertz CT molecular complexity index is 1290. The predicted octanol–water partition coefficient (Wildman–Crippen LogP) is 3.58. The van der Waals surface area contributed by atoms with E-state index in [1.807, 2.05) is 60.7 Å². The third-order valence-electron chi connectivity index (χ3n) is 5.53. The van der Waals surface area contributed by atoms with Gasteiger partial charge < -0.3 is 5.32 Å². The molecule has 1 amide bonds. The first-order chi connectivity index (χ1) is 16.2. The van der Waals surface area contributed by atoms with Crippen molar-refractivity contribution in [3.63, 3.8) is 0 Å². The van der Waals surface area contributed by atoms with E-state index in [-0.39, 0.29) is 30.9 Å². The molecule has 0 radical (unpaired) electrons. The van der Waals surface area contributed by atoms with Crippen LogP contribution in [0.15, 0.2) is 91.0 Å². The lowest BCUT2D eigenvalue weighted by atomic mass is 10.0. The van der Waals surface area contributed by atoms with Crippen LogP contribution in [0.25, 0.3) is 5.70 Å². The van der Waals surface area contributed by atoms with E-state index < -0.39 is 0 Å². The fourth-order valence-electron chi connectivity index (χ4n) is 3.90. The number of allylic oxidation sites excluding steroid dienone is 1. The third-order valence-corrected chi connectivity index (χ3v) is 5.53. The van der Waals surface area contributed by atoms with Crippen LogP contribution in [0, 0.1) is 5.82 Å². The number of fused-ring (bicyclic) bond motifs is 1. The molecule has 7 nitrogen and oxygen atoms in total. The fraction of sp³-hybridized carbons (Fsp3) is 0.120. The largest absolute Gasteiger partial charge is 0.350 e. The minimum Gasteiger partial charge on any atom is -0.350 e. The Morgan fingerprint density at radius 2 is 1.64 bits per heavy atom. The van der Waals surface area contributed by atoms with Gasteiger partial charge >= 0.3 is 0 Å². The van der Waals surface area contributed by atoms with Crippen molar-refractivity contribution in [2.75, 3.05) is 11.4 Å². The van der Waals surface area contributed by atoms with Gasteiger partial charge in [-0.2, -0.15) is 4.68 Å². The van der Waals surface area contributed by atoms with Gasteiger partial charge in [-0.3, -0.25) is 9.69 Å². The fourth-order valence-corrected chi connectivity index (χ4v) is 3.90. The molecule has 0 spiro atoms. The number of benzene rings is 3. The molecule has 1 atom stereocenters. The molecule has 1 aromatic heterocycles. The maximum absolute atomic E-state index is 13.9. The minimum atomic E-state index is -0.352. The van der Waals surface area contributed by atoms with Crippen molar-refractivity contribution in [1.29, 1.82) is 0 Å². The summed E-state index contributed by atoms with van der Waals surface area (Å²) in [6.07, 6.45) is 2.05. The van der Waals surface area contributed by atoms with Gasteiger partial charge in [0.25, 0.3) is 5.95 Å². The van der Waals surface area contributed by atoms with Gasteiger partial charge in [0.05, 0.1) is 5.70 Å². The zero-order valence-electron chi connectivity index (χ0n) is 17.7. The molecule has 0 saturated carbocycles. The molecule has 0 aliphatic carbocycles. The predicted molar refractivity (Wildman–Crippen MR) is 122 cm³/mol. The first kappa shape index (κ1) is 20.6. The molecule has 1 N–H and O–H groups in total. The van der Waals surface area contributed by atoms with Crippen LogP contribution < -0.4 is 10.2 Å². The second-order valence-corrected chi connectivity index (χ2v) is 7.65. The highest BCUT2D eigenvalue weighted by Gasteiger charge is 2.31. The summed E-state index contributed by atoms with van der Waals surface area (Å²) in [5.74, 6) is -0.158. The second kappa shape index (κ2) is 9.04. The number of hydrogen-bond acceptors (Lipinski definition) is 5. The summed E-state index contributed by atoms with van der Waals surface area (Å²) in [5.41, 5.74) is 3.22. The van der Waals surface area contributed by atoms with Crippen LogP contribution in [0.1, 0.15) is 22.7 Å². The molecule has 3 aromatic carbocycles. The Balaban J connectivity index is 1.46. The van der Waals surface area contributed by atoms with Crippen molar-refractivity contribution < 1.29 is 9.18 Å². The van der Waals surface area contributed by atoms with Crippen LogP contribution in [-0.4, -0.2) is 32.7 Å². The van der Waals surface area contributed by atoms with Gasteiger partial charge in [0, 0.05) is 12.1 Å². The molecule has 0 fully saturated rings. The van der Waals surface area contributed by atoms with Crippen molar-refractivity contribution in [3.8, 4) is 0 Å². The second-order valence-electron chi connectivity index (χ2n) is 7.65. The number of anilines is 1. The summed E-state index contributed by atoms with van der Waals surface area (Å²) < 4.78 is 15.6. The highest BCUT2D eigenvalue weighted by molar-refractivity contribution is 5.89. The number of nitrogens with one attached hydrogen (secondary N) is 1. The maximum Gasteiger partial charge on any atom is 0.251 e. The van der Waals surface area contributed by atoms with Gasteiger partial charge in [-0.15, -0.1) is 0 Å². The van der Waals surface area contributed by atoms with Crippen LogP contribution in [0.4, 0.5) is 10.3 Å². The normalized spacial score (nSPS) is 15.0. The van der Waals surface area contributed by atoms with Gasteiger partial charge in [-0.1, -0.05) is 84.0 Å². The molecule has 4 aromatic rings. The zero-order valence-corrected chi connectivity index (χ0v) is 17.7. The van der Waals surface area contributed by atoms with E-state index in [2.05, 4.69) is 26.9 Å². The highest BCUT2D eigenvalue weighted by atomic mass is 19.1. The van der Waals surface area contributed by atoms with E-state index in [0.717, 1.165) is 16.8 Å². The number of halogens is 1. The molecule has 164 valence electrons. The average molecular weight is 440 g/mol. The van der Waals surface area contributed by atoms with E-state index in [9.17, 15) is 9.18 Å². The number of hydrogen-bond donors (Lipinski definition) is 1. The Kier molecular flexibility index (Phi) is 5.63. The van der Waals surface area contributed by atoms with Gasteiger partial charge in [-0.05, 0) is 33.7 Å². The summed E-state index contributed by atoms with van der Waals surface area (Å²) in [4.78, 5) is 14.7. The number of tetrazole rings is 1. The van der Waals surface area contributed by atoms with E-state index in [1.165, 1.54) is 6.07 Å². The number of carbonyl (C=O) groups excluding carboxylic acids is 1. The minimum absolute atomic E-state index is 0.0168. The summed E-state index contributed by atoms with van der Waals surface area (Å²) in [6.45, 7) is 0.0817. The van der Waals surface area contributed by atoms with Crippen LogP contribution in [-0.2, 0) is 11.3 Å². The summed E-state index contributed by atoms with van der Waals surface area (Å²) in [6, 6.07) is 25.9. The van der Waals surface area contributed by atoms with E-state index in [4.69, 9.17) is 0 Å². The standard InChI is InChI=1S/C25H21FN6O/c26-21-14-8-7-13-20(21)16-27-24(33)17-31-22(18-9-3-1-4-10-18)15-23(19-11-5-2-6-12-19)32-25(31)28-29-30-32/h1-15,23H,16-17H2,(H,27,33)/t23-/m0/s1. The van der Waals surface area contributed by atoms with Crippen LogP contribution >= 0.6 is 0 Å². The van der Waals surface area contributed by atoms with Crippen molar-refractivity contribution in [1.82, 2.24) is 25.5 Å². The lowest BCUT2D eigenvalue weighted by molar-refractivity contribution is -0.119. The molecule has 2 heterocycles. The van der Waals surface area contributed by atoms with Crippen LogP contribution in [0.3, 0.4) is 0 Å². The molecule has 33 heavy (non-hydrogen) atoms. The highest BCUT2D eigenvalue weighted by Crippen LogP contribution is 2.35. The van der Waals surface area contributed by atoms with Gasteiger partial charge in [-0.25, -0.2) is 4.39 Å².